The molecule has 10 heteroatoms. The highest BCUT2D eigenvalue weighted by molar-refractivity contribution is 5.68. The van der Waals surface area contributed by atoms with E-state index in [0.29, 0.717) is 19.5 Å². The number of β-amino-alcohol motifs (C(OH)–C–C–N with tert-alkyl or cyclic N) is 1. The highest BCUT2D eigenvalue weighted by atomic mass is 19.4. The van der Waals surface area contributed by atoms with Crippen LogP contribution in [0.2, 0.25) is 0 Å². The van der Waals surface area contributed by atoms with Crippen LogP contribution in [0.15, 0.2) is 12.1 Å². The van der Waals surface area contributed by atoms with Gasteiger partial charge in [0.2, 0.25) is 5.88 Å². The number of hydrogen-bond acceptors (Lipinski definition) is 6. The van der Waals surface area contributed by atoms with Gasteiger partial charge in [-0.3, -0.25) is 0 Å². The highest BCUT2D eigenvalue weighted by Crippen LogP contribution is 2.28. The Morgan fingerprint density at radius 3 is 2.50 bits per heavy atom. The molecule has 192 valence electrons. The predicted molar refractivity (Wildman–Crippen MR) is 121 cm³/mol. The number of nitrogens with zero attached hydrogens (tertiary/aromatic N) is 2. The molecule has 0 radical (unpaired) electrons. The van der Waals surface area contributed by atoms with Gasteiger partial charge < -0.3 is 24.8 Å². The molecule has 1 saturated carbocycles. The number of nitrogens with one attached hydrogen (secondary N) is 1. The lowest BCUT2D eigenvalue weighted by Gasteiger charge is -2.34. The van der Waals surface area contributed by atoms with Crippen molar-refractivity contribution in [3.63, 3.8) is 0 Å². The average molecular weight is 488 g/mol. The number of ether oxygens (including phenoxy) is 2. The topological polar surface area (TPSA) is 83.9 Å². The van der Waals surface area contributed by atoms with E-state index in [9.17, 15) is 23.1 Å². The Labute approximate surface area is 199 Å². The molecular weight excluding hydrogens is 451 g/mol. The Morgan fingerprint density at radius 2 is 1.85 bits per heavy atom. The molecule has 1 aromatic heterocycles. The number of amides is 1. The molecule has 1 fully saturated rings. The number of rotatable bonds is 6. The zero-order chi connectivity index (χ0) is 24.9. The minimum absolute atomic E-state index is 0.0127. The normalized spacial score (nSPS) is 22.9. The number of fused-ring (bicyclic) bond motifs is 1. The fourth-order valence-electron chi connectivity index (χ4n) is 4.56. The molecular formula is C24H36F3N3O4. The van der Waals surface area contributed by atoms with E-state index in [0.717, 1.165) is 49.9 Å². The third-order valence-corrected chi connectivity index (χ3v) is 6.27. The highest BCUT2D eigenvalue weighted by Gasteiger charge is 2.31. The third kappa shape index (κ3) is 8.61. The summed E-state index contributed by atoms with van der Waals surface area (Å²) in [7, 11) is 0. The summed E-state index contributed by atoms with van der Waals surface area (Å²) in [6, 6.07) is 3.33. The summed E-state index contributed by atoms with van der Waals surface area (Å²) in [5, 5.41) is 13.8. The van der Waals surface area contributed by atoms with E-state index in [-0.39, 0.29) is 17.8 Å². The fraction of sp³-hybridized carbons (Fsp3) is 0.750. The lowest BCUT2D eigenvalue weighted by molar-refractivity contribution is -0.154. The van der Waals surface area contributed by atoms with Gasteiger partial charge in [-0.1, -0.05) is 6.07 Å². The molecule has 3 rings (SSSR count). The number of alkyl halides is 3. The van der Waals surface area contributed by atoms with Crippen molar-refractivity contribution in [2.45, 2.75) is 83.2 Å². The van der Waals surface area contributed by atoms with Crippen LogP contribution in [-0.4, -0.2) is 71.2 Å². The molecule has 0 aromatic carbocycles. The molecule has 1 aliphatic heterocycles. The standard InChI is InChI=1S/C24H36F3N3O4/c1-23(2,3)34-22(32)28-18-7-4-17(5-8-18)20(31)14-30-12-10-16-6-9-21(29-19(16)11-13-30)33-15-24(25,26)27/h6,9,17-18,20,31H,4-5,7-8,10-15H2,1-3H3,(H,28,32)/t17?,18?,20-/m0/s1. The van der Waals surface area contributed by atoms with Crippen LogP contribution in [0.3, 0.4) is 0 Å². The second-order valence-electron chi connectivity index (χ2n) is 10.3. The van der Waals surface area contributed by atoms with E-state index in [1.807, 2.05) is 20.8 Å². The SMILES string of the molecule is CC(C)(C)OC(=O)NC1CCC([C@@H](O)CN2CCc3ccc(OCC(F)(F)F)nc3CC2)CC1. The zero-order valence-electron chi connectivity index (χ0n) is 20.2. The minimum Gasteiger partial charge on any atom is -0.468 e. The number of aromatic nitrogens is 1. The number of pyridine rings is 1. The van der Waals surface area contributed by atoms with E-state index >= 15 is 0 Å². The molecule has 0 unspecified atom stereocenters. The molecule has 1 atom stereocenters. The summed E-state index contributed by atoms with van der Waals surface area (Å²) in [6.07, 6.45) is -0.684. The zero-order valence-corrected chi connectivity index (χ0v) is 20.2. The molecule has 1 aromatic rings. The number of carbonyl (C=O) groups is 1. The van der Waals surface area contributed by atoms with Crippen LogP contribution in [0, 0.1) is 5.92 Å². The maximum Gasteiger partial charge on any atom is 0.422 e. The van der Waals surface area contributed by atoms with Gasteiger partial charge in [-0.15, -0.1) is 0 Å². The smallest absolute Gasteiger partial charge is 0.422 e. The molecule has 7 nitrogen and oxygen atoms in total. The van der Waals surface area contributed by atoms with Crippen LogP contribution >= 0.6 is 0 Å². The monoisotopic (exact) mass is 487 g/mol. The number of alkyl carbamates (subject to hydrolysis) is 1. The first-order valence-electron chi connectivity index (χ1n) is 12.0. The van der Waals surface area contributed by atoms with E-state index in [2.05, 4.69) is 15.2 Å². The predicted octanol–water partition coefficient (Wildman–Crippen LogP) is 3.87. The Morgan fingerprint density at radius 1 is 1.18 bits per heavy atom. The summed E-state index contributed by atoms with van der Waals surface area (Å²) in [5.41, 5.74) is 1.23. The van der Waals surface area contributed by atoms with Crippen molar-refractivity contribution in [1.82, 2.24) is 15.2 Å². The third-order valence-electron chi connectivity index (χ3n) is 6.27. The molecule has 0 spiro atoms. The largest absolute Gasteiger partial charge is 0.468 e. The molecule has 1 aliphatic carbocycles. The summed E-state index contributed by atoms with van der Waals surface area (Å²) in [4.78, 5) is 18.4. The van der Waals surface area contributed by atoms with Crippen molar-refractivity contribution in [2.75, 3.05) is 26.2 Å². The van der Waals surface area contributed by atoms with Crippen LogP contribution < -0.4 is 10.1 Å². The number of carbonyl (C=O) groups excluding carboxylic acids is 1. The van der Waals surface area contributed by atoms with Gasteiger partial charge in [0.05, 0.1) is 6.10 Å². The molecule has 2 aliphatic rings. The van der Waals surface area contributed by atoms with Crippen LogP contribution in [0.1, 0.15) is 57.7 Å². The Bertz CT molecular complexity index is 821. The molecule has 2 N–H and O–H groups in total. The quantitative estimate of drug-likeness (QED) is 0.634. The van der Waals surface area contributed by atoms with Crippen molar-refractivity contribution < 1.29 is 32.5 Å². The van der Waals surface area contributed by atoms with Gasteiger partial charge in [-0.2, -0.15) is 13.2 Å². The van der Waals surface area contributed by atoms with Gasteiger partial charge in [-0.25, -0.2) is 9.78 Å². The molecule has 0 bridgehead atoms. The van der Waals surface area contributed by atoms with Crippen molar-refractivity contribution >= 4 is 6.09 Å². The number of halogens is 3. The van der Waals surface area contributed by atoms with Gasteiger partial charge in [0, 0.05) is 43.9 Å². The van der Waals surface area contributed by atoms with Crippen LogP contribution in [-0.2, 0) is 17.6 Å². The van der Waals surface area contributed by atoms with Crippen molar-refractivity contribution in [1.29, 1.82) is 0 Å². The summed E-state index contributed by atoms with van der Waals surface area (Å²) in [6.45, 7) is 6.11. The summed E-state index contributed by atoms with van der Waals surface area (Å²) in [5.74, 6) is 0.157. The van der Waals surface area contributed by atoms with E-state index in [1.54, 1.807) is 6.07 Å². The first kappa shape index (κ1) is 26.5. The number of hydrogen-bond donors (Lipinski definition) is 2. The van der Waals surface area contributed by atoms with Crippen molar-refractivity contribution in [2.24, 2.45) is 5.92 Å². The average Bonchev–Trinajstić information content (AvgIpc) is 2.93. The first-order chi connectivity index (χ1) is 15.9. The van der Waals surface area contributed by atoms with Crippen LogP contribution in [0.25, 0.3) is 0 Å². The van der Waals surface area contributed by atoms with Gasteiger partial charge in [0.1, 0.15) is 5.60 Å². The van der Waals surface area contributed by atoms with E-state index in [1.165, 1.54) is 6.07 Å². The minimum atomic E-state index is -4.40. The molecule has 1 amide bonds. The first-order valence-corrected chi connectivity index (χ1v) is 12.0. The van der Waals surface area contributed by atoms with Gasteiger partial charge in [0.15, 0.2) is 6.61 Å². The van der Waals surface area contributed by atoms with Gasteiger partial charge >= 0.3 is 12.3 Å². The second kappa shape index (κ2) is 11.1. The van der Waals surface area contributed by atoms with Gasteiger partial charge in [-0.05, 0) is 64.4 Å². The lowest BCUT2D eigenvalue weighted by Crippen LogP contribution is -2.44. The van der Waals surface area contributed by atoms with E-state index in [4.69, 9.17) is 9.47 Å². The second-order valence-corrected chi connectivity index (χ2v) is 10.3. The Hall–Kier alpha value is -2.07. The maximum absolute atomic E-state index is 12.4. The van der Waals surface area contributed by atoms with Crippen molar-refractivity contribution in [3.05, 3.63) is 23.4 Å². The summed E-state index contributed by atoms with van der Waals surface area (Å²) < 4.78 is 47.3. The van der Waals surface area contributed by atoms with E-state index < -0.39 is 30.6 Å². The number of aliphatic hydroxyl groups excluding tert-OH is 1. The fourth-order valence-corrected chi connectivity index (χ4v) is 4.56. The van der Waals surface area contributed by atoms with Crippen LogP contribution in [0.5, 0.6) is 5.88 Å². The molecule has 2 heterocycles. The van der Waals surface area contributed by atoms with Gasteiger partial charge in [0.25, 0.3) is 0 Å². The molecule has 0 saturated heterocycles. The molecule has 34 heavy (non-hydrogen) atoms. The Kier molecular flexibility index (Phi) is 8.67. The lowest BCUT2D eigenvalue weighted by atomic mass is 9.82. The number of aliphatic hydroxyl groups is 1. The van der Waals surface area contributed by atoms with Crippen molar-refractivity contribution in [3.8, 4) is 5.88 Å². The summed E-state index contributed by atoms with van der Waals surface area (Å²) >= 11 is 0. The van der Waals surface area contributed by atoms with Crippen LogP contribution in [0.4, 0.5) is 18.0 Å². The maximum atomic E-state index is 12.4. The Balaban J connectivity index is 1.43.